The highest BCUT2D eigenvalue weighted by Crippen LogP contribution is 2.34. The van der Waals surface area contributed by atoms with Crippen LogP contribution in [0.4, 0.5) is 11.4 Å². The monoisotopic (exact) mass is 316 g/mol. The highest BCUT2D eigenvalue weighted by Gasteiger charge is 2.19. The van der Waals surface area contributed by atoms with Crippen molar-refractivity contribution in [2.45, 2.75) is 6.92 Å². The molecule has 0 N–H and O–H groups in total. The predicted octanol–water partition coefficient (Wildman–Crippen LogP) is 2.06. The summed E-state index contributed by atoms with van der Waals surface area (Å²) in [5, 5.41) is 0. The van der Waals surface area contributed by atoms with Crippen molar-refractivity contribution < 1.29 is 4.74 Å². The number of ether oxygens (including phenoxy) is 1. The second-order valence-corrected chi connectivity index (χ2v) is 6.31. The number of likely N-dealkylation sites (N-methyl/N-ethyl adjacent to an activating group) is 2. The molecule has 126 valence electrons. The maximum absolute atomic E-state index is 5.68. The van der Waals surface area contributed by atoms with Gasteiger partial charge in [0.15, 0.2) is 0 Å². The molecule has 23 heavy (non-hydrogen) atoms. The molecule has 1 saturated heterocycles. The summed E-state index contributed by atoms with van der Waals surface area (Å²) < 4.78 is 5.68. The molecule has 0 radical (unpaired) electrons. The molecule has 1 aromatic rings. The van der Waals surface area contributed by atoms with Crippen molar-refractivity contribution in [1.29, 1.82) is 0 Å². The molecule has 0 saturated carbocycles. The number of nitrogens with zero attached hydrogens (tertiary/aromatic N) is 4. The Kier molecular flexibility index (Phi) is 5.08. The van der Waals surface area contributed by atoms with E-state index in [0.29, 0.717) is 0 Å². The molecule has 0 atom stereocenters. The molecule has 0 spiro atoms. The molecule has 5 heteroatoms. The van der Waals surface area contributed by atoms with E-state index in [4.69, 9.17) is 4.74 Å². The minimum Gasteiger partial charge on any atom is -0.494 e. The van der Waals surface area contributed by atoms with Crippen molar-refractivity contribution in [3.05, 3.63) is 30.5 Å². The van der Waals surface area contributed by atoms with Crippen molar-refractivity contribution in [2.24, 2.45) is 0 Å². The van der Waals surface area contributed by atoms with Crippen molar-refractivity contribution in [2.75, 3.05) is 69.9 Å². The summed E-state index contributed by atoms with van der Waals surface area (Å²) in [6.45, 7) is 9.72. The van der Waals surface area contributed by atoms with Crippen LogP contribution in [0.3, 0.4) is 0 Å². The van der Waals surface area contributed by atoms with Crippen molar-refractivity contribution >= 4 is 11.4 Å². The van der Waals surface area contributed by atoms with Crippen LogP contribution in [-0.4, -0.2) is 69.9 Å². The molecule has 0 unspecified atom stereocenters. The summed E-state index contributed by atoms with van der Waals surface area (Å²) in [5.74, 6) is 0.945. The maximum atomic E-state index is 5.68. The van der Waals surface area contributed by atoms with Gasteiger partial charge in [0.25, 0.3) is 0 Å². The van der Waals surface area contributed by atoms with E-state index in [0.717, 1.165) is 57.4 Å². The lowest BCUT2D eigenvalue weighted by atomic mass is 10.2. The molecule has 0 bridgehead atoms. The van der Waals surface area contributed by atoms with Crippen molar-refractivity contribution in [1.82, 2.24) is 9.80 Å². The Labute approximate surface area is 139 Å². The first-order chi connectivity index (χ1) is 11.2. The van der Waals surface area contributed by atoms with E-state index in [-0.39, 0.29) is 0 Å². The van der Waals surface area contributed by atoms with Gasteiger partial charge < -0.3 is 19.4 Å². The Hall–Kier alpha value is -1.72. The van der Waals surface area contributed by atoms with Gasteiger partial charge in [0.2, 0.25) is 0 Å². The lowest BCUT2D eigenvalue weighted by molar-refractivity contribution is 0.271. The first-order valence-corrected chi connectivity index (χ1v) is 8.48. The van der Waals surface area contributed by atoms with Crippen molar-refractivity contribution in [3.8, 4) is 5.75 Å². The third-order valence-electron chi connectivity index (χ3n) is 4.75. The van der Waals surface area contributed by atoms with Crippen molar-refractivity contribution in [3.63, 3.8) is 0 Å². The van der Waals surface area contributed by atoms with E-state index >= 15 is 0 Å². The molecule has 5 nitrogen and oxygen atoms in total. The van der Waals surface area contributed by atoms with Crippen LogP contribution < -0.4 is 14.5 Å². The van der Waals surface area contributed by atoms with Crippen LogP contribution >= 0.6 is 0 Å². The Morgan fingerprint density at radius 1 is 1.13 bits per heavy atom. The van der Waals surface area contributed by atoms with E-state index in [9.17, 15) is 0 Å². The second kappa shape index (κ2) is 7.23. The minimum atomic E-state index is 0.890. The normalized spacial score (nSPS) is 20.1. The van der Waals surface area contributed by atoms with Gasteiger partial charge in [0.1, 0.15) is 5.75 Å². The molecule has 0 amide bonds. The first-order valence-electron chi connectivity index (χ1n) is 8.48. The third-order valence-corrected chi connectivity index (χ3v) is 4.75. The van der Waals surface area contributed by atoms with E-state index < -0.39 is 0 Å². The average Bonchev–Trinajstić information content (AvgIpc) is 2.61. The summed E-state index contributed by atoms with van der Waals surface area (Å²) >= 11 is 0. The summed E-state index contributed by atoms with van der Waals surface area (Å²) in [4.78, 5) is 9.46. The Balaban J connectivity index is 1.77. The fourth-order valence-electron chi connectivity index (χ4n) is 3.30. The molecular formula is C18H28N4O. The van der Waals surface area contributed by atoms with E-state index in [1.807, 2.05) is 0 Å². The number of anilines is 2. The fraction of sp³-hybridized carbons (Fsp3) is 0.556. The smallest absolute Gasteiger partial charge is 0.144 e. The predicted molar refractivity (Wildman–Crippen MR) is 96.4 cm³/mol. The summed E-state index contributed by atoms with van der Waals surface area (Å²) in [7, 11) is 3.89. The minimum absolute atomic E-state index is 0.890. The van der Waals surface area contributed by atoms with Gasteiger partial charge in [-0.1, -0.05) is 13.0 Å². The molecule has 2 aliphatic heterocycles. The van der Waals surface area contributed by atoms with Gasteiger partial charge >= 0.3 is 0 Å². The van der Waals surface area contributed by atoms with Crippen LogP contribution in [0.2, 0.25) is 0 Å². The molecular weight excluding hydrogens is 288 g/mol. The standard InChI is InChI=1S/C18H28N4O/c1-4-20-10-12-21(13-11-20)16-6-7-17(18(14-16)23-3)22-9-5-8-19(2)15-22/h5-7,9,14H,4,8,10-13,15H2,1-3H3. The third kappa shape index (κ3) is 3.62. The summed E-state index contributed by atoms with van der Waals surface area (Å²) in [5.41, 5.74) is 2.39. The zero-order valence-corrected chi connectivity index (χ0v) is 14.5. The topological polar surface area (TPSA) is 22.2 Å². The average molecular weight is 316 g/mol. The second-order valence-electron chi connectivity index (χ2n) is 6.31. The van der Waals surface area contributed by atoms with E-state index in [1.165, 1.54) is 5.69 Å². The van der Waals surface area contributed by atoms with Gasteiger partial charge in [-0.15, -0.1) is 0 Å². The molecule has 2 aliphatic rings. The number of benzene rings is 1. The van der Waals surface area contributed by atoms with Gasteiger partial charge in [0, 0.05) is 50.7 Å². The van der Waals surface area contributed by atoms with Crippen LogP contribution in [0.1, 0.15) is 6.92 Å². The zero-order valence-electron chi connectivity index (χ0n) is 14.5. The molecule has 3 rings (SSSR count). The fourth-order valence-corrected chi connectivity index (χ4v) is 3.30. The first kappa shape index (κ1) is 16.1. The highest BCUT2D eigenvalue weighted by atomic mass is 16.5. The zero-order chi connectivity index (χ0) is 16.2. The number of methoxy groups -OCH3 is 1. The van der Waals surface area contributed by atoms with Crippen LogP contribution in [0.15, 0.2) is 30.5 Å². The summed E-state index contributed by atoms with van der Waals surface area (Å²) in [6, 6.07) is 6.59. The van der Waals surface area contributed by atoms with Gasteiger partial charge in [-0.25, -0.2) is 0 Å². The lowest BCUT2D eigenvalue weighted by Crippen LogP contribution is -2.46. The van der Waals surface area contributed by atoms with Crippen LogP contribution in [-0.2, 0) is 0 Å². The number of hydrogen-bond acceptors (Lipinski definition) is 5. The summed E-state index contributed by atoms with van der Waals surface area (Å²) in [6.07, 6.45) is 4.33. The molecule has 1 fully saturated rings. The Morgan fingerprint density at radius 2 is 1.91 bits per heavy atom. The van der Waals surface area contributed by atoms with E-state index in [2.05, 4.69) is 64.0 Å². The maximum Gasteiger partial charge on any atom is 0.144 e. The number of hydrogen-bond donors (Lipinski definition) is 0. The van der Waals surface area contributed by atoms with Crippen LogP contribution in [0, 0.1) is 0 Å². The molecule has 0 aliphatic carbocycles. The molecule has 0 aromatic heterocycles. The van der Waals surface area contributed by atoms with Gasteiger partial charge in [-0.3, -0.25) is 4.90 Å². The number of rotatable bonds is 4. The van der Waals surface area contributed by atoms with Gasteiger partial charge in [-0.2, -0.15) is 0 Å². The van der Waals surface area contributed by atoms with Gasteiger partial charge in [-0.05, 0) is 25.7 Å². The largest absolute Gasteiger partial charge is 0.494 e. The van der Waals surface area contributed by atoms with Crippen LogP contribution in [0.25, 0.3) is 0 Å². The lowest BCUT2D eigenvalue weighted by Gasteiger charge is -2.36. The Morgan fingerprint density at radius 3 is 2.57 bits per heavy atom. The number of piperazine rings is 1. The Bertz CT molecular complexity index is 552. The SMILES string of the molecule is CCN1CCN(c2ccc(N3C=CCN(C)C3)c(OC)c2)CC1. The van der Waals surface area contributed by atoms with Crippen LogP contribution in [0.5, 0.6) is 5.75 Å². The highest BCUT2D eigenvalue weighted by molar-refractivity contribution is 5.67. The van der Waals surface area contributed by atoms with Gasteiger partial charge in [0.05, 0.1) is 19.5 Å². The van der Waals surface area contributed by atoms with E-state index in [1.54, 1.807) is 7.11 Å². The molecule has 1 aromatic carbocycles. The quantitative estimate of drug-likeness (QED) is 0.846. The molecule has 2 heterocycles.